The number of thiophene rings is 1. The fourth-order valence-corrected chi connectivity index (χ4v) is 3.23. The van der Waals surface area contributed by atoms with Crippen molar-refractivity contribution >= 4 is 39.3 Å². The van der Waals surface area contributed by atoms with Gasteiger partial charge in [0.15, 0.2) is 0 Å². The van der Waals surface area contributed by atoms with Crippen molar-refractivity contribution < 1.29 is 19.4 Å². The number of carbonyl (C=O) groups is 2. The Morgan fingerprint density at radius 2 is 2.08 bits per heavy atom. The van der Waals surface area contributed by atoms with E-state index in [1.54, 1.807) is 13.8 Å². The van der Waals surface area contributed by atoms with Crippen LogP contribution < -0.4 is 5.32 Å². The third kappa shape index (κ3) is 3.81. The van der Waals surface area contributed by atoms with Gasteiger partial charge in [0, 0.05) is 0 Å². The fourth-order valence-electron chi connectivity index (χ4n) is 2.19. The largest absolute Gasteiger partial charge is 0.480 e. The number of hydrogen-bond donors (Lipinski definition) is 2. The lowest BCUT2D eigenvalue weighted by Gasteiger charge is -2.13. The first-order chi connectivity index (χ1) is 11.3. The lowest BCUT2D eigenvalue weighted by atomic mass is 10.1. The molecule has 0 saturated carbocycles. The minimum Gasteiger partial charge on any atom is -0.480 e. The van der Waals surface area contributed by atoms with Crippen LogP contribution in [0, 0.1) is 12.8 Å². The van der Waals surface area contributed by atoms with Crippen LogP contribution in [0.2, 0.25) is 0 Å². The van der Waals surface area contributed by atoms with E-state index in [1.165, 1.54) is 17.7 Å². The summed E-state index contributed by atoms with van der Waals surface area (Å²) >= 11 is 1.23. The number of rotatable bonds is 7. The number of nitrogens with one attached hydrogen (secondary N) is 1. The Labute approximate surface area is 144 Å². The zero-order chi connectivity index (χ0) is 17.9. The average Bonchev–Trinajstić information content (AvgIpc) is 2.87. The summed E-state index contributed by atoms with van der Waals surface area (Å²) in [7, 11) is 0. The van der Waals surface area contributed by atoms with Crippen LogP contribution in [0.5, 0.6) is 0 Å². The van der Waals surface area contributed by atoms with Crippen LogP contribution in [-0.4, -0.2) is 39.7 Å². The lowest BCUT2D eigenvalue weighted by Crippen LogP contribution is -2.28. The number of esters is 1. The van der Waals surface area contributed by atoms with E-state index in [4.69, 9.17) is 4.74 Å². The SMILES string of the molecule is CCC(Nc1ncnc2sc(C(=O)OCC(C)C)c(C)c12)C(=O)O. The van der Waals surface area contributed by atoms with E-state index in [2.05, 4.69) is 15.3 Å². The van der Waals surface area contributed by atoms with Crippen LogP contribution in [0.4, 0.5) is 5.82 Å². The minimum atomic E-state index is -0.950. The maximum absolute atomic E-state index is 12.3. The van der Waals surface area contributed by atoms with E-state index in [0.717, 1.165) is 0 Å². The molecule has 0 spiro atoms. The molecule has 1 unspecified atom stereocenters. The van der Waals surface area contributed by atoms with E-state index in [-0.39, 0.29) is 11.9 Å². The number of ether oxygens (including phenoxy) is 1. The second kappa shape index (κ2) is 7.57. The second-order valence-electron chi connectivity index (χ2n) is 5.89. The Kier molecular flexibility index (Phi) is 5.71. The number of nitrogens with zero attached hydrogens (tertiary/aromatic N) is 2. The van der Waals surface area contributed by atoms with E-state index in [9.17, 15) is 14.7 Å². The molecule has 24 heavy (non-hydrogen) atoms. The van der Waals surface area contributed by atoms with Crippen molar-refractivity contribution in [2.45, 2.75) is 40.2 Å². The molecule has 0 aliphatic carbocycles. The van der Waals surface area contributed by atoms with Crippen molar-refractivity contribution in [2.24, 2.45) is 5.92 Å². The molecular formula is C16H21N3O4S. The summed E-state index contributed by atoms with van der Waals surface area (Å²) in [6.45, 7) is 7.85. The minimum absolute atomic E-state index is 0.251. The number of aryl methyl sites for hydroxylation is 1. The molecule has 0 bridgehead atoms. The number of fused-ring (bicyclic) bond motifs is 1. The predicted molar refractivity (Wildman–Crippen MR) is 92.6 cm³/mol. The van der Waals surface area contributed by atoms with E-state index in [1.807, 2.05) is 13.8 Å². The zero-order valence-electron chi connectivity index (χ0n) is 14.1. The Morgan fingerprint density at radius 3 is 2.67 bits per heavy atom. The van der Waals surface area contributed by atoms with Gasteiger partial charge in [0.05, 0.1) is 12.0 Å². The third-order valence-electron chi connectivity index (χ3n) is 3.48. The third-order valence-corrected chi connectivity index (χ3v) is 4.66. The molecule has 0 radical (unpaired) electrons. The van der Waals surface area contributed by atoms with E-state index < -0.39 is 12.0 Å². The van der Waals surface area contributed by atoms with Gasteiger partial charge in [-0.2, -0.15) is 0 Å². The normalized spacial score (nSPS) is 12.4. The summed E-state index contributed by atoms with van der Waals surface area (Å²) in [5.41, 5.74) is 0.701. The van der Waals surface area contributed by atoms with Gasteiger partial charge < -0.3 is 15.2 Å². The summed E-state index contributed by atoms with van der Waals surface area (Å²) in [6.07, 6.45) is 1.77. The molecule has 8 heteroatoms. The molecule has 2 aromatic heterocycles. The molecule has 0 amide bonds. The highest BCUT2D eigenvalue weighted by Crippen LogP contribution is 2.34. The summed E-state index contributed by atoms with van der Waals surface area (Å²) in [5, 5.41) is 12.8. The molecule has 0 fully saturated rings. The molecule has 1 atom stereocenters. The quantitative estimate of drug-likeness (QED) is 0.739. The first-order valence-corrected chi connectivity index (χ1v) is 8.57. The molecule has 2 heterocycles. The summed E-state index contributed by atoms with van der Waals surface area (Å²) in [5.74, 6) is -0.665. The highest BCUT2D eigenvalue weighted by Gasteiger charge is 2.23. The lowest BCUT2D eigenvalue weighted by molar-refractivity contribution is -0.137. The average molecular weight is 351 g/mol. The first kappa shape index (κ1) is 18.1. The van der Waals surface area contributed by atoms with Crippen molar-refractivity contribution in [3.05, 3.63) is 16.8 Å². The predicted octanol–water partition coefficient (Wildman–Crippen LogP) is 3.09. The summed E-state index contributed by atoms with van der Waals surface area (Å²) < 4.78 is 5.29. The van der Waals surface area contributed by atoms with Crippen LogP contribution in [-0.2, 0) is 9.53 Å². The maximum atomic E-state index is 12.3. The molecule has 7 nitrogen and oxygen atoms in total. The second-order valence-corrected chi connectivity index (χ2v) is 6.89. The number of anilines is 1. The van der Waals surface area contributed by atoms with Gasteiger partial charge >= 0.3 is 11.9 Å². The highest BCUT2D eigenvalue weighted by atomic mass is 32.1. The van der Waals surface area contributed by atoms with Crippen molar-refractivity contribution in [2.75, 3.05) is 11.9 Å². The van der Waals surface area contributed by atoms with Gasteiger partial charge in [-0.1, -0.05) is 20.8 Å². The molecule has 0 saturated heterocycles. The van der Waals surface area contributed by atoms with Gasteiger partial charge in [0.1, 0.15) is 27.9 Å². The molecule has 2 rings (SSSR count). The standard InChI is InChI=1S/C16H21N3O4S/c1-5-10(15(20)21)19-13-11-9(4)12(16(22)23-6-8(2)3)24-14(11)18-7-17-13/h7-8,10H,5-6H2,1-4H3,(H,20,21)(H,17,18,19). The molecule has 0 aromatic carbocycles. The number of hydrogen-bond acceptors (Lipinski definition) is 7. The van der Waals surface area contributed by atoms with Gasteiger partial charge in [0.2, 0.25) is 0 Å². The van der Waals surface area contributed by atoms with Crippen LogP contribution in [0.25, 0.3) is 10.2 Å². The van der Waals surface area contributed by atoms with Crippen LogP contribution in [0.1, 0.15) is 42.4 Å². The van der Waals surface area contributed by atoms with E-state index in [0.29, 0.717) is 39.5 Å². The van der Waals surface area contributed by atoms with Gasteiger partial charge in [-0.05, 0) is 24.8 Å². The van der Waals surface area contributed by atoms with Gasteiger partial charge in [-0.3, -0.25) is 0 Å². The number of carboxylic acid groups (broad SMARTS) is 1. The summed E-state index contributed by atoms with van der Waals surface area (Å²) in [6, 6.07) is -0.751. The topological polar surface area (TPSA) is 101 Å². The van der Waals surface area contributed by atoms with Gasteiger partial charge in [0.25, 0.3) is 0 Å². The first-order valence-electron chi connectivity index (χ1n) is 7.75. The van der Waals surface area contributed by atoms with Crippen LogP contribution in [0.15, 0.2) is 6.33 Å². The maximum Gasteiger partial charge on any atom is 0.348 e. The molecular weight excluding hydrogens is 330 g/mol. The Hall–Kier alpha value is -2.22. The van der Waals surface area contributed by atoms with Crippen molar-refractivity contribution in [3.8, 4) is 0 Å². The molecule has 0 aliphatic heterocycles. The van der Waals surface area contributed by atoms with Crippen LogP contribution >= 0.6 is 11.3 Å². The molecule has 130 valence electrons. The molecule has 0 aliphatic rings. The molecule has 2 N–H and O–H groups in total. The number of aliphatic carboxylic acids is 1. The highest BCUT2D eigenvalue weighted by molar-refractivity contribution is 7.20. The van der Waals surface area contributed by atoms with Crippen molar-refractivity contribution in [3.63, 3.8) is 0 Å². The van der Waals surface area contributed by atoms with Crippen molar-refractivity contribution in [1.29, 1.82) is 0 Å². The smallest absolute Gasteiger partial charge is 0.348 e. The van der Waals surface area contributed by atoms with E-state index >= 15 is 0 Å². The fraction of sp³-hybridized carbons (Fsp3) is 0.500. The van der Waals surface area contributed by atoms with Gasteiger partial charge in [-0.15, -0.1) is 11.3 Å². The number of carboxylic acids is 1. The van der Waals surface area contributed by atoms with Gasteiger partial charge in [-0.25, -0.2) is 19.6 Å². The number of carbonyl (C=O) groups excluding carboxylic acids is 1. The Bertz CT molecular complexity index is 757. The van der Waals surface area contributed by atoms with Crippen molar-refractivity contribution in [1.82, 2.24) is 9.97 Å². The Morgan fingerprint density at radius 1 is 1.38 bits per heavy atom. The Balaban J connectivity index is 2.39. The molecule has 2 aromatic rings. The zero-order valence-corrected chi connectivity index (χ0v) is 14.9. The summed E-state index contributed by atoms with van der Waals surface area (Å²) in [4.78, 5) is 32.9. The number of aromatic nitrogens is 2. The monoisotopic (exact) mass is 351 g/mol. The van der Waals surface area contributed by atoms with Crippen LogP contribution in [0.3, 0.4) is 0 Å².